The summed E-state index contributed by atoms with van der Waals surface area (Å²) in [5.41, 5.74) is 2.56. The molecule has 0 saturated heterocycles. The summed E-state index contributed by atoms with van der Waals surface area (Å²) in [6, 6.07) is 11.7. The van der Waals surface area contributed by atoms with Crippen LogP contribution in [0.15, 0.2) is 48.8 Å². The number of benzene rings is 1. The fourth-order valence-electron chi connectivity index (χ4n) is 3.12. The normalized spacial score (nSPS) is 14.7. The molecule has 1 aromatic carbocycles. The van der Waals surface area contributed by atoms with E-state index in [4.69, 9.17) is 0 Å². The maximum atomic E-state index is 13.3. The molecule has 7 heteroatoms. The van der Waals surface area contributed by atoms with Gasteiger partial charge in [0.2, 0.25) is 0 Å². The highest BCUT2D eigenvalue weighted by Crippen LogP contribution is 2.27. The van der Waals surface area contributed by atoms with Crippen LogP contribution in [0.3, 0.4) is 0 Å². The van der Waals surface area contributed by atoms with Crippen molar-refractivity contribution < 1.29 is 25.0 Å². The molecule has 27 heavy (non-hydrogen) atoms. The predicted molar refractivity (Wildman–Crippen MR) is 102 cm³/mol. The van der Waals surface area contributed by atoms with E-state index >= 15 is 0 Å². The van der Waals surface area contributed by atoms with Gasteiger partial charge in [0.1, 0.15) is 0 Å². The number of aromatic amines is 1. The van der Waals surface area contributed by atoms with Crippen LogP contribution < -0.4 is 10.3 Å². The Kier molecular flexibility index (Phi) is 4.39. The predicted octanol–water partition coefficient (Wildman–Crippen LogP) is 0.670. The number of hydrogen-bond acceptors (Lipinski definition) is 3. The first-order chi connectivity index (χ1) is 13.1. The molecule has 0 aliphatic carbocycles. The molecule has 0 radical (unpaired) electrons. The molecule has 4 rings (SSSR count). The summed E-state index contributed by atoms with van der Waals surface area (Å²) in [6.07, 6.45) is 3.46. The third-order valence-corrected chi connectivity index (χ3v) is 5.55. The van der Waals surface area contributed by atoms with Gasteiger partial charge in [-0.05, 0) is 17.8 Å². The van der Waals surface area contributed by atoms with E-state index in [0.717, 1.165) is 21.8 Å². The van der Waals surface area contributed by atoms with E-state index in [0.29, 0.717) is 17.3 Å². The number of hydrogen-bond donors (Lipinski definition) is 2. The first kappa shape index (κ1) is 17.3. The minimum atomic E-state index is -0.975. The van der Waals surface area contributed by atoms with Crippen LogP contribution in [-0.4, -0.2) is 27.2 Å². The fourth-order valence-corrected chi connectivity index (χ4v) is 4.00. The molecule has 3 aromatic rings. The number of ketones is 1. The molecule has 1 unspecified atom stereocenters. The Morgan fingerprint density at radius 2 is 2.07 bits per heavy atom. The highest BCUT2D eigenvalue weighted by molar-refractivity contribution is 7.81. The second-order valence-corrected chi connectivity index (χ2v) is 7.20. The van der Waals surface area contributed by atoms with Gasteiger partial charge in [-0.2, -0.15) is 5.56 Å². The molecule has 2 aromatic heterocycles. The van der Waals surface area contributed by atoms with Crippen molar-refractivity contribution in [2.75, 3.05) is 0 Å². The van der Waals surface area contributed by atoms with Crippen molar-refractivity contribution in [1.29, 1.82) is 0 Å². The Morgan fingerprint density at radius 3 is 2.81 bits per heavy atom. The molecule has 6 nitrogen and oxygen atoms in total. The average Bonchev–Trinajstić information content (AvgIpc) is 3.32. The van der Waals surface area contributed by atoms with E-state index in [2.05, 4.69) is 9.97 Å². The van der Waals surface area contributed by atoms with Gasteiger partial charge in [0.15, 0.2) is 16.7 Å². The molecule has 3 heterocycles. The number of carbonyl (C=O) groups is 2. The van der Waals surface area contributed by atoms with Crippen molar-refractivity contribution in [3.05, 3.63) is 77.0 Å². The van der Waals surface area contributed by atoms with Crippen molar-refractivity contribution in [3.8, 4) is 0 Å². The van der Waals surface area contributed by atoms with Gasteiger partial charge in [-0.1, -0.05) is 31.3 Å². The minimum Gasteiger partial charge on any atom is -0.481 e. The van der Waals surface area contributed by atoms with Gasteiger partial charge >= 0.3 is 5.97 Å². The lowest BCUT2D eigenvalue weighted by atomic mass is 9.96. The zero-order valence-corrected chi connectivity index (χ0v) is 15.3. The average molecular weight is 379 g/mol. The molecule has 1 aliphatic rings. The summed E-state index contributed by atoms with van der Waals surface area (Å²) in [7, 11) is 0. The first-order valence-corrected chi connectivity index (χ1v) is 9.31. The molecule has 0 amide bonds. The third-order valence-electron chi connectivity index (χ3n) is 4.57. The van der Waals surface area contributed by atoms with Gasteiger partial charge < -0.3 is 25.2 Å². The number of nitrogens with one attached hydrogen (secondary N) is 1. The lowest BCUT2D eigenvalue weighted by molar-refractivity contribution is -0.580. The van der Waals surface area contributed by atoms with E-state index in [1.165, 1.54) is 11.4 Å². The van der Waals surface area contributed by atoms with Crippen LogP contribution in [0.4, 0.5) is 0 Å². The number of aliphatic carboxylic acids is 1. The van der Waals surface area contributed by atoms with Crippen LogP contribution in [0.2, 0.25) is 0 Å². The number of Topliss-reactive ketones (excluding diaryl/α,β-unsaturated/α-hetero) is 1. The lowest BCUT2D eigenvalue weighted by Gasteiger charge is -2.21. The van der Waals surface area contributed by atoms with Crippen LogP contribution in [0.5, 0.6) is 0 Å². The SMILES string of the molecule is CC(C(=O)O)[c-]1[nH+]c2ccccc2c1C(=O)[C-]1C=[S+][C-](c2cccnc2)[NH2+]1. The number of H-pyrrole nitrogens is 1. The van der Waals surface area contributed by atoms with Crippen LogP contribution in [0.25, 0.3) is 10.9 Å². The number of rotatable bonds is 5. The Hall–Kier alpha value is -3.16. The zero-order valence-electron chi connectivity index (χ0n) is 14.5. The smallest absolute Gasteiger partial charge is 0.306 e. The van der Waals surface area contributed by atoms with Crippen molar-refractivity contribution in [2.45, 2.75) is 12.8 Å². The number of carboxylic acid groups (broad SMARTS) is 1. The number of carboxylic acids is 1. The largest absolute Gasteiger partial charge is 0.481 e. The van der Waals surface area contributed by atoms with Crippen LogP contribution >= 0.6 is 0 Å². The number of carbonyl (C=O) groups excluding carboxylic acids is 1. The van der Waals surface area contributed by atoms with Gasteiger partial charge in [0.05, 0.1) is 11.4 Å². The van der Waals surface area contributed by atoms with Crippen molar-refractivity contribution >= 4 is 39.4 Å². The molecule has 136 valence electrons. The summed E-state index contributed by atoms with van der Waals surface area (Å²) in [6.45, 7) is 1.58. The Balaban J connectivity index is 1.70. The highest BCUT2D eigenvalue weighted by atomic mass is 32.1. The van der Waals surface area contributed by atoms with Crippen molar-refractivity contribution in [1.82, 2.24) is 4.98 Å². The molecule has 0 fully saturated rings. The Labute approximate surface area is 159 Å². The quantitative estimate of drug-likeness (QED) is 0.295. The topological polar surface area (TPSA) is 98.0 Å². The molecule has 0 bridgehead atoms. The number of aromatic nitrogens is 2. The summed E-state index contributed by atoms with van der Waals surface area (Å²) >= 11 is 1.47. The van der Waals surface area contributed by atoms with E-state index < -0.39 is 11.9 Å². The first-order valence-electron chi connectivity index (χ1n) is 8.43. The monoisotopic (exact) mass is 379 g/mol. The number of pyridine rings is 1. The molecule has 1 aliphatic heterocycles. The summed E-state index contributed by atoms with van der Waals surface area (Å²) in [5, 5.41) is 14.8. The van der Waals surface area contributed by atoms with E-state index in [-0.39, 0.29) is 5.78 Å². The van der Waals surface area contributed by atoms with E-state index in [1.807, 2.05) is 47.1 Å². The van der Waals surface area contributed by atoms with E-state index in [1.54, 1.807) is 19.3 Å². The standard InChI is InChI=1S/C20H17N3O3S/c1-11(20(25)26)17-16(13-6-2-3-7-14(13)22-17)18(24)15-10-27-19(23-15)12-5-4-8-21-9-12/h2-11,22H,23H2,1H3,(H,25,26). The minimum absolute atomic E-state index is 0.179. The lowest BCUT2D eigenvalue weighted by Crippen LogP contribution is -2.86. The van der Waals surface area contributed by atoms with Gasteiger partial charge in [0.25, 0.3) is 5.37 Å². The fraction of sp³-hybridized carbons (Fsp3) is 0.100. The van der Waals surface area contributed by atoms with Gasteiger partial charge in [0, 0.05) is 17.5 Å². The van der Waals surface area contributed by atoms with Gasteiger partial charge in [-0.3, -0.25) is 4.79 Å². The molecular weight excluding hydrogens is 362 g/mol. The van der Waals surface area contributed by atoms with Crippen LogP contribution in [0, 0.1) is 11.4 Å². The van der Waals surface area contributed by atoms with Gasteiger partial charge in [-0.25, -0.2) is 0 Å². The van der Waals surface area contributed by atoms with Crippen molar-refractivity contribution in [2.24, 2.45) is 0 Å². The van der Waals surface area contributed by atoms with Crippen LogP contribution in [-0.2, 0) is 16.1 Å². The van der Waals surface area contributed by atoms with E-state index in [9.17, 15) is 14.7 Å². The number of fused-ring (bicyclic) bond motifs is 1. The second-order valence-electron chi connectivity index (χ2n) is 6.29. The highest BCUT2D eigenvalue weighted by Gasteiger charge is 2.31. The maximum Gasteiger partial charge on any atom is 0.306 e. The Morgan fingerprint density at radius 1 is 1.26 bits per heavy atom. The summed E-state index contributed by atoms with van der Waals surface area (Å²) in [4.78, 5) is 32.1. The molecular formula is C20H17N3O3S. The number of para-hydroxylation sites is 1. The molecule has 4 N–H and O–H groups in total. The van der Waals surface area contributed by atoms with Crippen LogP contribution in [0.1, 0.15) is 34.5 Å². The maximum absolute atomic E-state index is 13.3. The van der Waals surface area contributed by atoms with Gasteiger partial charge in [-0.15, -0.1) is 17.5 Å². The molecule has 0 saturated carbocycles. The number of nitrogens with zero attached hydrogens (tertiary/aromatic N) is 1. The second kappa shape index (κ2) is 6.86. The summed E-state index contributed by atoms with van der Waals surface area (Å²) in [5.74, 6) is -1.97. The number of quaternary nitrogens is 1. The zero-order chi connectivity index (χ0) is 19.0. The molecule has 0 spiro atoms. The number of nitrogens with two attached hydrogens (primary N) is 1. The van der Waals surface area contributed by atoms with Crippen molar-refractivity contribution in [3.63, 3.8) is 0 Å². The summed E-state index contributed by atoms with van der Waals surface area (Å²) < 4.78 is 0. The Bertz CT molecular complexity index is 1050. The third kappa shape index (κ3) is 3.07. The molecule has 1 atom stereocenters.